The molecule has 1 aromatic heterocycles. The van der Waals surface area contributed by atoms with Crippen molar-refractivity contribution in [3.8, 4) is 0 Å². The molecule has 0 aliphatic carbocycles. The molecule has 1 N–H and O–H groups in total. The summed E-state index contributed by atoms with van der Waals surface area (Å²) in [5, 5.41) is 4.68. The minimum Gasteiger partial charge on any atom is -0.356 e. The first-order valence-electron chi connectivity index (χ1n) is 4.41. The fourth-order valence-electron chi connectivity index (χ4n) is 1.27. The maximum atomic E-state index is 10.7. The van der Waals surface area contributed by atoms with E-state index in [9.17, 15) is 9.59 Å². The smallest absolute Gasteiger partial charge is 0.216 e. The van der Waals surface area contributed by atoms with Crippen molar-refractivity contribution in [2.75, 3.05) is 6.54 Å². The van der Waals surface area contributed by atoms with Gasteiger partial charge >= 0.3 is 0 Å². The lowest BCUT2D eigenvalue weighted by atomic mass is 10.1. The van der Waals surface area contributed by atoms with Gasteiger partial charge in [0.1, 0.15) is 0 Å². The first-order chi connectivity index (χ1) is 6.65. The molecular formula is C10H13NO2S. The molecule has 0 aliphatic heterocycles. The molecule has 1 aromatic rings. The minimum atomic E-state index is -0.0365. The van der Waals surface area contributed by atoms with Crippen molar-refractivity contribution in [3.63, 3.8) is 0 Å². The molecule has 0 fully saturated rings. The van der Waals surface area contributed by atoms with Crippen LogP contribution < -0.4 is 5.32 Å². The number of thiophene rings is 1. The molecular weight excluding hydrogens is 198 g/mol. The van der Waals surface area contributed by atoms with Gasteiger partial charge in [-0.1, -0.05) is 0 Å². The third-order valence-electron chi connectivity index (χ3n) is 1.99. The van der Waals surface area contributed by atoms with Crippen molar-refractivity contribution in [3.05, 3.63) is 21.4 Å². The summed E-state index contributed by atoms with van der Waals surface area (Å²) in [5.41, 5.74) is 2.18. The third-order valence-corrected chi connectivity index (χ3v) is 3.06. The van der Waals surface area contributed by atoms with Crippen molar-refractivity contribution < 1.29 is 9.59 Å². The van der Waals surface area contributed by atoms with Gasteiger partial charge in [-0.05, 0) is 29.9 Å². The summed E-state index contributed by atoms with van der Waals surface area (Å²) in [7, 11) is 0. The predicted molar refractivity (Wildman–Crippen MR) is 56.8 cm³/mol. The van der Waals surface area contributed by atoms with E-state index in [-0.39, 0.29) is 5.91 Å². The van der Waals surface area contributed by atoms with Gasteiger partial charge in [-0.2, -0.15) is 0 Å². The van der Waals surface area contributed by atoms with E-state index in [2.05, 4.69) is 5.32 Å². The van der Waals surface area contributed by atoms with E-state index in [1.165, 1.54) is 18.3 Å². The zero-order valence-corrected chi connectivity index (χ0v) is 9.11. The number of aldehydes is 1. The van der Waals surface area contributed by atoms with Crippen LogP contribution >= 0.6 is 11.3 Å². The monoisotopic (exact) mass is 211 g/mol. The number of amides is 1. The number of aryl methyl sites for hydroxylation is 1. The Morgan fingerprint density at radius 3 is 2.93 bits per heavy atom. The molecule has 0 aliphatic rings. The number of carbonyl (C=O) groups excluding carboxylic acids is 2. The fourth-order valence-corrected chi connectivity index (χ4v) is 2.18. The van der Waals surface area contributed by atoms with Crippen molar-refractivity contribution in [1.82, 2.24) is 5.32 Å². The SMILES string of the molecule is CC(=O)NCCc1c(C)csc1C=O. The van der Waals surface area contributed by atoms with Crippen LogP contribution in [-0.2, 0) is 11.2 Å². The zero-order chi connectivity index (χ0) is 10.6. The molecule has 1 rings (SSSR count). The van der Waals surface area contributed by atoms with Crippen LogP contribution in [0.25, 0.3) is 0 Å². The van der Waals surface area contributed by atoms with E-state index in [1.54, 1.807) is 0 Å². The topological polar surface area (TPSA) is 46.2 Å². The number of hydrogen-bond acceptors (Lipinski definition) is 3. The molecule has 0 radical (unpaired) electrons. The van der Waals surface area contributed by atoms with Crippen molar-refractivity contribution in [2.45, 2.75) is 20.3 Å². The molecule has 0 bridgehead atoms. The maximum Gasteiger partial charge on any atom is 0.216 e. The van der Waals surface area contributed by atoms with Gasteiger partial charge in [-0.15, -0.1) is 11.3 Å². The summed E-state index contributed by atoms with van der Waals surface area (Å²) in [5.74, 6) is -0.0365. The molecule has 0 atom stereocenters. The Bertz CT molecular complexity index is 344. The van der Waals surface area contributed by atoms with E-state index in [1.807, 2.05) is 12.3 Å². The lowest BCUT2D eigenvalue weighted by Crippen LogP contribution is -2.22. The van der Waals surface area contributed by atoms with Crippen LogP contribution in [-0.4, -0.2) is 18.7 Å². The molecule has 1 heterocycles. The first-order valence-corrected chi connectivity index (χ1v) is 5.29. The minimum absolute atomic E-state index is 0.0365. The van der Waals surface area contributed by atoms with Gasteiger partial charge in [-0.25, -0.2) is 0 Å². The van der Waals surface area contributed by atoms with Crippen LogP contribution in [0.4, 0.5) is 0 Å². The summed E-state index contributed by atoms with van der Waals surface area (Å²) >= 11 is 1.45. The molecule has 14 heavy (non-hydrogen) atoms. The number of hydrogen-bond donors (Lipinski definition) is 1. The lowest BCUT2D eigenvalue weighted by Gasteiger charge is -2.02. The van der Waals surface area contributed by atoms with Gasteiger partial charge in [0, 0.05) is 13.5 Å². The summed E-state index contributed by atoms with van der Waals surface area (Å²) in [4.78, 5) is 22.1. The second kappa shape index (κ2) is 4.91. The van der Waals surface area contributed by atoms with Crippen LogP contribution in [0.1, 0.15) is 27.7 Å². The molecule has 0 saturated heterocycles. The van der Waals surface area contributed by atoms with Gasteiger partial charge in [0.2, 0.25) is 5.91 Å². The normalized spacial score (nSPS) is 9.86. The second-order valence-electron chi connectivity index (χ2n) is 3.11. The van der Waals surface area contributed by atoms with Crippen LogP contribution in [0.2, 0.25) is 0 Å². The highest BCUT2D eigenvalue weighted by molar-refractivity contribution is 7.12. The van der Waals surface area contributed by atoms with E-state index in [0.717, 1.165) is 28.7 Å². The van der Waals surface area contributed by atoms with Crippen molar-refractivity contribution in [1.29, 1.82) is 0 Å². The van der Waals surface area contributed by atoms with E-state index < -0.39 is 0 Å². The highest BCUT2D eigenvalue weighted by Crippen LogP contribution is 2.20. The number of nitrogens with one attached hydrogen (secondary N) is 1. The molecule has 0 aromatic carbocycles. The Morgan fingerprint density at radius 2 is 2.36 bits per heavy atom. The first kappa shape index (κ1) is 10.9. The van der Waals surface area contributed by atoms with Crippen molar-refractivity contribution in [2.24, 2.45) is 0 Å². The van der Waals surface area contributed by atoms with Gasteiger partial charge in [0.25, 0.3) is 0 Å². The van der Waals surface area contributed by atoms with E-state index in [4.69, 9.17) is 0 Å². The zero-order valence-electron chi connectivity index (χ0n) is 8.29. The molecule has 0 saturated carbocycles. The van der Waals surface area contributed by atoms with E-state index >= 15 is 0 Å². The largest absolute Gasteiger partial charge is 0.356 e. The highest BCUT2D eigenvalue weighted by atomic mass is 32.1. The lowest BCUT2D eigenvalue weighted by molar-refractivity contribution is -0.118. The molecule has 1 amide bonds. The van der Waals surface area contributed by atoms with Gasteiger partial charge in [0.05, 0.1) is 4.88 Å². The fraction of sp³-hybridized carbons (Fsp3) is 0.400. The molecule has 3 nitrogen and oxygen atoms in total. The standard InChI is InChI=1S/C10H13NO2S/c1-7-6-14-10(5-12)9(7)3-4-11-8(2)13/h5-6H,3-4H2,1-2H3,(H,11,13). The summed E-state index contributed by atoms with van der Waals surface area (Å²) in [6.07, 6.45) is 1.60. The molecule has 4 heteroatoms. The van der Waals surface area contributed by atoms with Gasteiger partial charge < -0.3 is 5.32 Å². The van der Waals surface area contributed by atoms with Gasteiger partial charge in [-0.3, -0.25) is 9.59 Å². The maximum absolute atomic E-state index is 10.7. The average molecular weight is 211 g/mol. The molecule has 0 spiro atoms. The predicted octanol–water partition coefficient (Wildman–Crippen LogP) is 1.55. The van der Waals surface area contributed by atoms with Gasteiger partial charge in [0.15, 0.2) is 6.29 Å². The Kier molecular flexibility index (Phi) is 3.83. The third kappa shape index (κ3) is 2.67. The van der Waals surface area contributed by atoms with Crippen LogP contribution in [0.5, 0.6) is 0 Å². The number of rotatable bonds is 4. The summed E-state index contributed by atoms with van der Waals surface area (Å²) < 4.78 is 0. The molecule has 76 valence electrons. The van der Waals surface area contributed by atoms with Crippen LogP contribution in [0.3, 0.4) is 0 Å². The van der Waals surface area contributed by atoms with Crippen LogP contribution in [0.15, 0.2) is 5.38 Å². The Hall–Kier alpha value is -1.16. The average Bonchev–Trinajstić information content (AvgIpc) is 2.47. The second-order valence-corrected chi connectivity index (χ2v) is 4.02. The number of carbonyl (C=O) groups is 2. The quantitative estimate of drug-likeness (QED) is 0.768. The van der Waals surface area contributed by atoms with Crippen molar-refractivity contribution >= 4 is 23.5 Å². The summed E-state index contributed by atoms with van der Waals surface area (Å²) in [6, 6.07) is 0. The van der Waals surface area contributed by atoms with Crippen LogP contribution in [0, 0.1) is 6.92 Å². The van der Waals surface area contributed by atoms with E-state index in [0.29, 0.717) is 6.54 Å². The molecule has 0 unspecified atom stereocenters. The Labute approximate surface area is 87.1 Å². The Morgan fingerprint density at radius 1 is 1.64 bits per heavy atom. The summed E-state index contributed by atoms with van der Waals surface area (Å²) in [6.45, 7) is 4.06. The highest BCUT2D eigenvalue weighted by Gasteiger charge is 2.07. The Balaban J connectivity index is 2.60.